The van der Waals surface area contributed by atoms with Gasteiger partial charge in [-0.1, -0.05) is 70.7 Å². The zero-order valence-electron chi connectivity index (χ0n) is 20.4. The molecular formula is C26H26Cl3N3O4S. The van der Waals surface area contributed by atoms with Crippen molar-refractivity contribution < 1.29 is 18.0 Å². The Bertz CT molecular complexity index is 1380. The van der Waals surface area contributed by atoms with E-state index in [0.717, 1.165) is 9.87 Å². The fourth-order valence-electron chi connectivity index (χ4n) is 3.61. The topological polar surface area (TPSA) is 86.8 Å². The predicted octanol–water partition coefficient (Wildman–Crippen LogP) is 5.31. The lowest BCUT2D eigenvalue weighted by Gasteiger charge is -2.32. The third-order valence-corrected chi connectivity index (χ3v) is 8.60. The van der Waals surface area contributed by atoms with E-state index in [1.807, 2.05) is 6.92 Å². The van der Waals surface area contributed by atoms with E-state index >= 15 is 0 Å². The van der Waals surface area contributed by atoms with Crippen LogP contribution in [-0.2, 0) is 26.2 Å². The van der Waals surface area contributed by atoms with Crippen molar-refractivity contribution >= 4 is 62.3 Å². The van der Waals surface area contributed by atoms with Gasteiger partial charge in [-0.05, 0) is 55.8 Å². The number of amides is 2. The summed E-state index contributed by atoms with van der Waals surface area (Å²) in [5.41, 5.74) is 1.63. The van der Waals surface area contributed by atoms with Gasteiger partial charge in [0.25, 0.3) is 10.0 Å². The molecule has 1 N–H and O–H groups in total. The van der Waals surface area contributed by atoms with Crippen LogP contribution in [-0.4, -0.2) is 44.8 Å². The molecule has 0 aliphatic heterocycles. The van der Waals surface area contributed by atoms with Gasteiger partial charge >= 0.3 is 0 Å². The van der Waals surface area contributed by atoms with Crippen LogP contribution in [0.5, 0.6) is 0 Å². The number of benzene rings is 3. The van der Waals surface area contributed by atoms with E-state index in [1.165, 1.54) is 36.2 Å². The van der Waals surface area contributed by atoms with Crippen LogP contribution < -0.4 is 9.62 Å². The van der Waals surface area contributed by atoms with Crippen LogP contribution in [0.4, 0.5) is 5.69 Å². The Morgan fingerprint density at radius 2 is 1.57 bits per heavy atom. The molecule has 1 atom stereocenters. The molecule has 0 aliphatic rings. The maximum absolute atomic E-state index is 13.8. The molecule has 196 valence electrons. The second-order valence-corrected chi connectivity index (χ2v) is 11.4. The minimum atomic E-state index is -4.24. The molecule has 3 rings (SSSR count). The van der Waals surface area contributed by atoms with Crippen molar-refractivity contribution in [1.82, 2.24) is 10.2 Å². The van der Waals surface area contributed by atoms with E-state index in [9.17, 15) is 18.0 Å². The molecule has 0 saturated carbocycles. The minimum absolute atomic E-state index is 0.0174. The number of anilines is 1. The van der Waals surface area contributed by atoms with E-state index < -0.39 is 34.4 Å². The number of carbonyl (C=O) groups is 2. The summed E-state index contributed by atoms with van der Waals surface area (Å²) in [6.07, 6.45) is 0. The zero-order valence-corrected chi connectivity index (χ0v) is 23.5. The number of aryl methyl sites for hydroxylation is 1. The maximum atomic E-state index is 13.8. The number of carbonyl (C=O) groups excluding carboxylic acids is 2. The average molecular weight is 583 g/mol. The monoisotopic (exact) mass is 581 g/mol. The van der Waals surface area contributed by atoms with Gasteiger partial charge in [-0.25, -0.2) is 8.42 Å². The van der Waals surface area contributed by atoms with E-state index in [4.69, 9.17) is 34.8 Å². The van der Waals surface area contributed by atoms with Gasteiger partial charge in [0.15, 0.2) is 0 Å². The molecule has 7 nitrogen and oxygen atoms in total. The van der Waals surface area contributed by atoms with Crippen molar-refractivity contribution in [3.05, 3.63) is 92.9 Å². The van der Waals surface area contributed by atoms with Gasteiger partial charge in [-0.15, -0.1) is 0 Å². The first-order chi connectivity index (χ1) is 17.4. The molecule has 0 heterocycles. The van der Waals surface area contributed by atoms with Crippen LogP contribution >= 0.6 is 34.8 Å². The normalized spacial score (nSPS) is 12.1. The van der Waals surface area contributed by atoms with E-state index in [-0.39, 0.29) is 27.2 Å². The molecular weight excluding hydrogens is 557 g/mol. The van der Waals surface area contributed by atoms with Crippen molar-refractivity contribution in [2.75, 3.05) is 17.9 Å². The van der Waals surface area contributed by atoms with Crippen molar-refractivity contribution in [3.63, 3.8) is 0 Å². The number of hydrogen-bond acceptors (Lipinski definition) is 4. The molecule has 0 radical (unpaired) electrons. The highest BCUT2D eigenvalue weighted by Gasteiger charge is 2.33. The van der Waals surface area contributed by atoms with E-state index in [0.29, 0.717) is 10.6 Å². The summed E-state index contributed by atoms with van der Waals surface area (Å²) in [5.74, 6) is -1.02. The van der Waals surface area contributed by atoms with Gasteiger partial charge in [0.05, 0.1) is 20.6 Å². The highest BCUT2D eigenvalue weighted by molar-refractivity contribution is 7.92. The van der Waals surface area contributed by atoms with Crippen molar-refractivity contribution in [3.8, 4) is 0 Å². The third-order valence-electron chi connectivity index (χ3n) is 5.77. The summed E-state index contributed by atoms with van der Waals surface area (Å²) >= 11 is 18.6. The lowest BCUT2D eigenvalue weighted by atomic mass is 10.1. The summed E-state index contributed by atoms with van der Waals surface area (Å²) in [5, 5.41) is 3.17. The van der Waals surface area contributed by atoms with Crippen molar-refractivity contribution in [2.24, 2.45) is 0 Å². The molecule has 0 saturated heterocycles. The quantitative estimate of drug-likeness (QED) is 0.370. The van der Waals surface area contributed by atoms with Gasteiger partial charge in [0.2, 0.25) is 11.8 Å². The van der Waals surface area contributed by atoms with Crippen molar-refractivity contribution in [1.29, 1.82) is 0 Å². The Morgan fingerprint density at radius 3 is 2.16 bits per heavy atom. The van der Waals surface area contributed by atoms with Crippen LogP contribution in [0.3, 0.4) is 0 Å². The van der Waals surface area contributed by atoms with Crippen LogP contribution in [0.25, 0.3) is 0 Å². The van der Waals surface area contributed by atoms with Gasteiger partial charge in [0.1, 0.15) is 12.6 Å². The minimum Gasteiger partial charge on any atom is -0.357 e. The number of rotatable bonds is 9. The molecule has 0 bridgehead atoms. The number of hydrogen-bond donors (Lipinski definition) is 1. The Labute approximate surface area is 232 Å². The molecule has 11 heteroatoms. The predicted molar refractivity (Wildman–Crippen MR) is 148 cm³/mol. The number of nitrogens with one attached hydrogen (secondary N) is 1. The molecule has 3 aromatic rings. The second kappa shape index (κ2) is 12.2. The van der Waals surface area contributed by atoms with Gasteiger partial charge in [-0.2, -0.15) is 0 Å². The van der Waals surface area contributed by atoms with Crippen molar-refractivity contribution in [2.45, 2.75) is 31.3 Å². The van der Waals surface area contributed by atoms with Gasteiger partial charge < -0.3 is 10.2 Å². The molecule has 0 spiro atoms. The third kappa shape index (κ3) is 6.76. The standard InChI is InChI=1S/C26H26Cl3N3O4S/c1-17-7-13-21(14-8-17)37(35,36)32(23-6-4-5-22(28)25(23)29)16-24(33)31(18(2)26(34)30-3)15-19-9-11-20(27)12-10-19/h4-14,18H,15-16H2,1-3H3,(H,30,34)/t18-/m1/s1. The number of likely N-dealkylation sites (N-methyl/N-ethyl adjacent to an activating group) is 1. The SMILES string of the molecule is CNC(=O)[C@@H](C)N(Cc1ccc(Cl)cc1)C(=O)CN(c1cccc(Cl)c1Cl)S(=O)(=O)c1ccc(C)cc1. The summed E-state index contributed by atoms with van der Waals surface area (Å²) in [7, 11) is -2.78. The van der Waals surface area contributed by atoms with Gasteiger partial charge in [0, 0.05) is 18.6 Å². The Balaban J connectivity index is 2.07. The highest BCUT2D eigenvalue weighted by Crippen LogP contribution is 2.35. The number of nitrogens with zero attached hydrogens (tertiary/aromatic N) is 2. The first-order valence-electron chi connectivity index (χ1n) is 11.2. The first kappa shape index (κ1) is 28.8. The molecule has 0 unspecified atom stereocenters. The first-order valence-corrected chi connectivity index (χ1v) is 13.8. The van der Waals surface area contributed by atoms with Crippen LogP contribution in [0.1, 0.15) is 18.1 Å². The Kier molecular flexibility index (Phi) is 9.47. The van der Waals surface area contributed by atoms with Crippen LogP contribution in [0.15, 0.2) is 71.6 Å². The number of sulfonamides is 1. The fraction of sp³-hybridized carbons (Fsp3) is 0.231. The molecule has 0 aliphatic carbocycles. The smallest absolute Gasteiger partial charge is 0.264 e. The average Bonchev–Trinajstić information content (AvgIpc) is 2.88. The highest BCUT2D eigenvalue weighted by atomic mass is 35.5. The molecule has 37 heavy (non-hydrogen) atoms. The van der Waals surface area contributed by atoms with Crippen LogP contribution in [0.2, 0.25) is 15.1 Å². The molecule has 3 aromatic carbocycles. The van der Waals surface area contributed by atoms with E-state index in [1.54, 1.807) is 49.4 Å². The second-order valence-electron chi connectivity index (χ2n) is 8.34. The van der Waals surface area contributed by atoms with E-state index in [2.05, 4.69) is 5.32 Å². The maximum Gasteiger partial charge on any atom is 0.264 e. The lowest BCUT2D eigenvalue weighted by molar-refractivity contribution is -0.139. The molecule has 0 fully saturated rings. The summed E-state index contributed by atoms with van der Waals surface area (Å²) < 4.78 is 28.5. The van der Waals surface area contributed by atoms with Gasteiger partial charge in [-0.3, -0.25) is 13.9 Å². The zero-order chi connectivity index (χ0) is 27.3. The summed E-state index contributed by atoms with van der Waals surface area (Å²) in [6, 6.07) is 16.7. The largest absolute Gasteiger partial charge is 0.357 e. The fourth-order valence-corrected chi connectivity index (χ4v) is 5.61. The molecule has 2 amide bonds. The summed E-state index contributed by atoms with van der Waals surface area (Å²) in [4.78, 5) is 27.5. The lowest BCUT2D eigenvalue weighted by Crippen LogP contribution is -2.50. The molecule has 0 aromatic heterocycles. The van der Waals surface area contributed by atoms with Crippen LogP contribution in [0, 0.1) is 6.92 Å². The number of halogens is 3. The summed E-state index contributed by atoms with van der Waals surface area (Å²) in [6.45, 7) is 2.83. The Morgan fingerprint density at radius 1 is 0.946 bits per heavy atom. The Hall–Kier alpha value is -2.78.